The molecule has 0 saturated heterocycles. The number of halogens is 6. The van der Waals surface area contributed by atoms with Gasteiger partial charge in [0.15, 0.2) is 32.0 Å². The van der Waals surface area contributed by atoms with Crippen LogP contribution in [0.2, 0.25) is 0 Å². The van der Waals surface area contributed by atoms with E-state index in [0.717, 1.165) is 34.9 Å². The molecule has 1 aromatic heterocycles. The van der Waals surface area contributed by atoms with Crippen LogP contribution in [0.25, 0.3) is 20.2 Å². The molecule has 0 spiro atoms. The minimum atomic E-state index is -10.7. The number of benzene rings is 5. The normalized spacial score (nSPS) is 13.0. The van der Waals surface area contributed by atoms with Gasteiger partial charge in [0.2, 0.25) is 0 Å². The molecule has 1 heterocycles. The van der Waals surface area contributed by atoms with Crippen molar-refractivity contribution < 1.29 is 39.6 Å². The van der Waals surface area contributed by atoms with Gasteiger partial charge in [-0.2, -0.15) is 0 Å². The molecule has 0 N–H and O–H groups in total. The van der Waals surface area contributed by atoms with Crippen LogP contribution in [-0.4, -0.2) is 17.3 Å². The second-order valence-corrected chi connectivity index (χ2v) is 15.6. The van der Waals surface area contributed by atoms with E-state index in [1.165, 1.54) is 0 Å². The number of thiophene rings is 1. The minimum absolute atomic E-state index is 0.00822. The van der Waals surface area contributed by atoms with Crippen LogP contribution in [0.4, 0.5) is 25.2 Å². The number of carbonyl (C=O) groups is 3. The fourth-order valence-electron chi connectivity index (χ4n) is 4.84. The molecule has 0 aliphatic heterocycles. The summed E-state index contributed by atoms with van der Waals surface area (Å²) in [6.07, 6.45) is 0. The summed E-state index contributed by atoms with van der Waals surface area (Å²) in [5.74, 6) is 0.0717. The molecule has 0 radical (unpaired) electrons. The van der Waals surface area contributed by atoms with Gasteiger partial charge in [-0.25, -0.2) is 0 Å². The summed E-state index contributed by atoms with van der Waals surface area (Å²) in [6.45, 7) is 3.14. The molecule has 3 nitrogen and oxygen atoms in total. The van der Waals surface area contributed by atoms with Crippen molar-refractivity contribution in [3.05, 3.63) is 138 Å². The van der Waals surface area contributed by atoms with E-state index in [1.54, 1.807) is 25.2 Å². The van der Waals surface area contributed by atoms with Gasteiger partial charge in [0, 0.05) is 48.5 Å². The van der Waals surface area contributed by atoms with Crippen molar-refractivity contribution in [1.29, 1.82) is 0 Å². The number of Topliss-reactive ketones (excluding diaryl/α,β-unsaturated/α-hetero) is 2. The van der Waals surface area contributed by atoms with Crippen molar-refractivity contribution in [2.45, 2.75) is 28.5 Å². The van der Waals surface area contributed by atoms with Gasteiger partial charge in [-0.3, -0.25) is 14.4 Å². The number of fused-ring (bicyclic) bond motifs is 3. The molecule has 12 heteroatoms. The zero-order chi connectivity index (χ0) is 34.2. The number of hydrogen-bond donors (Lipinski definition) is 0. The maximum atomic E-state index is 13.2. The molecule has 0 unspecified atom stereocenters. The first-order chi connectivity index (χ1) is 21.8. The molecule has 6 aromatic rings. The first-order valence-electron chi connectivity index (χ1n) is 13.9. The molecule has 242 valence electrons. The van der Waals surface area contributed by atoms with E-state index in [-0.39, 0.29) is 17.3 Å². The molecule has 0 amide bonds. The van der Waals surface area contributed by atoms with E-state index < -0.39 is 18.7 Å². The van der Waals surface area contributed by atoms with Gasteiger partial charge in [0.1, 0.15) is 0 Å². The third-order valence-corrected chi connectivity index (χ3v) is 10.3. The Morgan fingerprint density at radius 1 is 0.511 bits per heavy atom. The Morgan fingerprint density at radius 3 is 1.38 bits per heavy atom. The van der Waals surface area contributed by atoms with Crippen molar-refractivity contribution >= 4 is 67.6 Å². The molecule has 0 bridgehead atoms. The zero-order valence-corrected chi connectivity index (χ0v) is 27.3. The molecule has 5 aromatic carbocycles. The maximum absolute atomic E-state index is 13.2. The SMILES string of the molecule is CC(=O)c1ccc([S+](c2ccc(C(C)=O)cc2)c2ccc3sc4ccc(C(=O)c5ccccc5)cc4c3c2)cc1.F[P-](F)(F)(F)(F)F. The third kappa shape index (κ3) is 8.94. The van der Waals surface area contributed by atoms with E-state index in [1.807, 2.05) is 97.1 Å². The fraction of sp³-hybridized carbons (Fsp3) is 0.0571. The van der Waals surface area contributed by atoms with Gasteiger partial charge in [-0.1, -0.05) is 30.3 Å². The number of hydrogen-bond acceptors (Lipinski definition) is 4. The average Bonchev–Trinajstić information content (AvgIpc) is 3.37. The summed E-state index contributed by atoms with van der Waals surface area (Å²) in [7, 11) is -11.1. The Morgan fingerprint density at radius 2 is 0.915 bits per heavy atom. The van der Waals surface area contributed by atoms with E-state index in [2.05, 4.69) is 18.2 Å². The van der Waals surface area contributed by atoms with Crippen LogP contribution in [0.3, 0.4) is 0 Å². The molecule has 6 rings (SSSR count). The summed E-state index contributed by atoms with van der Waals surface area (Å²) in [4.78, 5) is 40.3. The third-order valence-electron chi connectivity index (χ3n) is 6.97. The Kier molecular flexibility index (Phi) is 8.73. The quantitative estimate of drug-likeness (QED) is 0.0720. The average molecular weight is 703 g/mol. The Bertz CT molecular complexity index is 2080. The van der Waals surface area contributed by atoms with Gasteiger partial charge in [0.25, 0.3) is 0 Å². The Balaban J connectivity index is 0.000000559. The molecule has 47 heavy (non-hydrogen) atoms. The van der Waals surface area contributed by atoms with E-state index in [4.69, 9.17) is 0 Å². The number of ketones is 3. The Labute approximate surface area is 272 Å². The Hall–Kier alpha value is -4.31. The summed E-state index contributed by atoms with van der Waals surface area (Å²) in [5, 5.41) is 2.17. The monoisotopic (exact) mass is 702 g/mol. The van der Waals surface area contributed by atoms with Crippen LogP contribution in [0, 0.1) is 0 Å². The van der Waals surface area contributed by atoms with Gasteiger partial charge in [-0.15, -0.1) is 11.3 Å². The summed E-state index contributed by atoms with van der Waals surface area (Å²) in [5.41, 5.74) is 2.69. The van der Waals surface area contributed by atoms with Crippen LogP contribution in [0.1, 0.15) is 50.5 Å². The fourth-order valence-corrected chi connectivity index (χ4v) is 7.98. The van der Waals surface area contributed by atoms with E-state index in [0.29, 0.717) is 22.3 Å². The molecule has 0 aliphatic rings. The second kappa shape index (κ2) is 12.0. The van der Waals surface area contributed by atoms with Crippen LogP contribution in [0.5, 0.6) is 0 Å². The van der Waals surface area contributed by atoms with Crippen LogP contribution >= 0.6 is 19.1 Å². The summed E-state index contributed by atoms with van der Waals surface area (Å²) < 4.78 is 61.5. The van der Waals surface area contributed by atoms with Gasteiger partial charge in [0.05, 0.1) is 10.9 Å². The number of carbonyl (C=O) groups excluding carboxylic acids is 3. The summed E-state index contributed by atoms with van der Waals surface area (Å²) >= 11 is 1.72. The van der Waals surface area contributed by atoms with Crippen molar-refractivity contribution in [3.8, 4) is 0 Å². The first-order valence-corrected chi connectivity index (χ1v) is 18.0. The molecule has 0 atom stereocenters. The van der Waals surface area contributed by atoms with Gasteiger partial charge in [-0.05, 0) is 92.7 Å². The second-order valence-electron chi connectivity index (χ2n) is 10.6. The molecule has 0 aliphatic carbocycles. The molecule has 0 saturated carbocycles. The number of rotatable bonds is 7. The molecule has 0 fully saturated rings. The molecular formula is C35H25F6O3PS2. The van der Waals surface area contributed by atoms with Crippen molar-refractivity contribution in [3.63, 3.8) is 0 Å². The van der Waals surface area contributed by atoms with Gasteiger partial charge < -0.3 is 0 Å². The van der Waals surface area contributed by atoms with Crippen LogP contribution < -0.4 is 0 Å². The summed E-state index contributed by atoms with van der Waals surface area (Å²) in [6, 6.07) is 37.4. The van der Waals surface area contributed by atoms with E-state index >= 15 is 0 Å². The van der Waals surface area contributed by atoms with Crippen molar-refractivity contribution in [2.75, 3.05) is 0 Å². The van der Waals surface area contributed by atoms with Crippen LogP contribution in [0.15, 0.2) is 130 Å². The standard InChI is InChI=1S/C35H25O3S2.F6P/c1-22(36)24-8-13-28(14-9-24)40(29-15-10-25(11-16-29)23(2)37)30-17-19-34-32(21-30)31-20-27(12-18-33(31)39-34)35(38)26-6-4-3-5-7-26;1-7(2,3,4,5)6/h3-21H,1-2H3;/q+1;-1. The van der Waals surface area contributed by atoms with Gasteiger partial charge >= 0.3 is 33.0 Å². The predicted molar refractivity (Wildman–Crippen MR) is 178 cm³/mol. The predicted octanol–water partition coefficient (Wildman–Crippen LogP) is 12.2. The van der Waals surface area contributed by atoms with Crippen LogP contribution in [-0.2, 0) is 10.9 Å². The topological polar surface area (TPSA) is 51.2 Å². The van der Waals surface area contributed by atoms with Crippen molar-refractivity contribution in [2.24, 2.45) is 0 Å². The zero-order valence-electron chi connectivity index (χ0n) is 24.7. The molecular weight excluding hydrogens is 677 g/mol. The van der Waals surface area contributed by atoms with E-state index in [9.17, 15) is 39.6 Å². The first kappa shape index (κ1) is 34.0. The van der Waals surface area contributed by atoms with Crippen molar-refractivity contribution in [1.82, 2.24) is 0 Å².